The minimum Gasteiger partial charge on any atom is -0.488 e. The van der Waals surface area contributed by atoms with E-state index in [4.69, 9.17) is 14.2 Å². The van der Waals surface area contributed by atoms with Gasteiger partial charge in [0.1, 0.15) is 24.7 Å². The first kappa shape index (κ1) is 27.3. The molecule has 0 aliphatic carbocycles. The lowest BCUT2D eigenvalue weighted by atomic mass is 9.99. The van der Waals surface area contributed by atoms with E-state index in [0.29, 0.717) is 36.6 Å². The predicted molar refractivity (Wildman–Crippen MR) is 143 cm³/mol. The molecule has 0 saturated heterocycles. The van der Waals surface area contributed by atoms with Crippen LogP contribution in [-0.4, -0.2) is 92.6 Å². The maximum absolute atomic E-state index is 13.7. The molecule has 0 radical (unpaired) electrons. The number of nitrogens with one attached hydrogen (secondary N) is 1. The number of fused-ring (bicyclic) bond motifs is 2. The number of nitrogens with zero attached hydrogens (tertiary/aromatic N) is 6. The summed E-state index contributed by atoms with van der Waals surface area (Å²) >= 11 is 0. The number of carbonyl (C=O) groups excluding carboxylic acids is 2. The molecule has 212 valence electrons. The molecule has 3 atom stereocenters. The number of hydrogen-bond donors (Lipinski definition) is 2. The van der Waals surface area contributed by atoms with Crippen molar-refractivity contribution >= 4 is 17.5 Å². The van der Waals surface area contributed by atoms with Crippen molar-refractivity contribution < 1.29 is 28.9 Å². The van der Waals surface area contributed by atoms with E-state index < -0.39 is 6.04 Å². The molecule has 3 aromatic rings. The van der Waals surface area contributed by atoms with Crippen LogP contribution in [0.1, 0.15) is 29.8 Å². The number of aliphatic hydroxyl groups excluding tert-OH is 1. The standard InChI is InChI=1S/C27H33N7O6/c1-17-10-34(18(2)14-35)27(37)21-9-20(29-26(36)13-33-15-28-30-31-33)5-7-22(21)40-25(17)12-32(3)11-19-4-6-23-24(8-19)39-16-38-23/h4-9,15,17-18,25,35H,10-14,16H2,1-3H3,(H,29,36)/t17-,18-,25+/m0/s1. The van der Waals surface area contributed by atoms with Crippen LogP contribution in [0.3, 0.4) is 0 Å². The van der Waals surface area contributed by atoms with Gasteiger partial charge in [0.05, 0.1) is 18.2 Å². The Kier molecular flexibility index (Phi) is 8.12. The third-order valence-electron chi connectivity index (χ3n) is 7.03. The molecular weight excluding hydrogens is 518 g/mol. The monoisotopic (exact) mass is 551 g/mol. The predicted octanol–water partition coefficient (Wildman–Crippen LogP) is 1.39. The van der Waals surface area contributed by atoms with Crippen LogP contribution in [0, 0.1) is 5.92 Å². The minimum absolute atomic E-state index is 0.0269. The smallest absolute Gasteiger partial charge is 0.258 e. The molecule has 1 aromatic heterocycles. The summed E-state index contributed by atoms with van der Waals surface area (Å²) in [5, 5.41) is 23.4. The average Bonchev–Trinajstić information content (AvgIpc) is 3.62. The van der Waals surface area contributed by atoms with E-state index in [2.05, 4.69) is 25.7 Å². The first-order chi connectivity index (χ1) is 19.3. The Bertz CT molecular complexity index is 1350. The number of benzene rings is 2. The molecular formula is C27H33N7O6. The third kappa shape index (κ3) is 6.15. The molecule has 5 rings (SSSR count). The van der Waals surface area contributed by atoms with Crippen molar-refractivity contribution in [2.45, 2.75) is 39.1 Å². The van der Waals surface area contributed by atoms with Crippen LogP contribution in [0.15, 0.2) is 42.7 Å². The minimum atomic E-state index is -0.397. The van der Waals surface area contributed by atoms with E-state index >= 15 is 0 Å². The molecule has 13 nitrogen and oxygen atoms in total. The average molecular weight is 552 g/mol. The molecule has 0 bridgehead atoms. The lowest BCUT2D eigenvalue weighted by Gasteiger charge is -2.38. The molecule has 2 aliphatic heterocycles. The lowest BCUT2D eigenvalue weighted by molar-refractivity contribution is -0.116. The van der Waals surface area contributed by atoms with Gasteiger partial charge in [-0.3, -0.25) is 14.5 Å². The number of hydrogen-bond acceptors (Lipinski definition) is 10. The fraction of sp³-hybridized carbons (Fsp3) is 0.444. The van der Waals surface area contributed by atoms with Gasteiger partial charge < -0.3 is 29.5 Å². The maximum atomic E-state index is 13.7. The molecule has 0 fully saturated rings. The van der Waals surface area contributed by atoms with E-state index in [9.17, 15) is 14.7 Å². The van der Waals surface area contributed by atoms with Gasteiger partial charge in [-0.15, -0.1) is 5.10 Å². The van der Waals surface area contributed by atoms with Gasteiger partial charge in [-0.1, -0.05) is 13.0 Å². The Morgan fingerprint density at radius 2 is 2.00 bits per heavy atom. The van der Waals surface area contributed by atoms with Crippen molar-refractivity contribution in [2.75, 3.05) is 38.9 Å². The summed E-state index contributed by atoms with van der Waals surface area (Å²) in [6, 6.07) is 10.5. The van der Waals surface area contributed by atoms with Crippen LogP contribution < -0.4 is 19.5 Å². The van der Waals surface area contributed by atoms with Crippen LogP contribution >= 0.6 is 0 Å². The number of aliphatic hydroxyl groups is 1. The topological polar surface area (TPSA) is 144 Å². The summed E-state index contributed by atoms with van der Waals surface area (Å²) in [4.78, 5) is 30.0. The number of aromatic nitrogens is 4. The van der Waals surface area contributed by atoms with Gasteiger partial charge in [0.2, 0.25) is 12.7 Å². The summed E-state index contributed by atoms with van der Waals surface area (Å²) in [6.45, 7) is 5.50. The molecule has 0 saturated carbocycles. The second-order valence-electron chi connectivity index (χ2n) is 10.3. The largest absolute Gasteiger partial charge is 0.488 e. The molecule has 13 heteroatoms. The van der Waals surface area contributed by atoms with E-state index in [1.54, 1.807) is 23.1 Å². The maximum Gasteiger partial charge on any atom is 0.258 e. The first-order valence-corrected chi connectivity index (χ1v) is 13.1. The van der Waals surface area contributed by atoms with E-state index in [0.717, 1.165) is 17.1 Å². The zero-order chi connectivity index (χ0) is 28.2. The Hall–Kier alpha value is -4.23. The van der Waals surface area contributed by atoms with Gasteiger partial charge >= 0.3 is 0 Å². The number of rotatable bonds is 9. The fourth-order valence-corrected chi connectivity index (χ4v) is 4.84. The number of amides is 2. The summed E-state index contributed by atoms with van der Waals surface area (Å²) in [6.07, 6.45) is 1.09. The van der Waals surface area contributed by atoms with Crippen molar-refractivity contribution in [2.24, 2.45) is 5.92 Å². The summed E-state index contributed by atoms with van der Waals surface area (Å²) in [7, 11) is 2.02. The molecule has 40 heavy (non-hydrogen) atoms. The van der Waals surface area contributed by atoms with E-state index in [1.165, 1.54) is 11.0 Å². The van der Waals surface area contributed by atoms with Crippen molar-refractivity contribution in [1.29, 1.82) is 0 Å². The second kappa shape index (κ2) is 11.9. The van der Waals surface area contributed by atoms with Crippen molar-refractivity contribution in [3.63, 3.8) is 0 Å². The summed E-state index contributed by atoms with van der Waals surface area (Å²) < 4.78 is 18.7. The van der Waals surface area contributed by atoms with Gasteiger partial charge in [-0.05, 0) is 60.3 Å². The van der Waals surface area contributed by atoms with Crippen LogP contribution in [0.2, 0.25) is 0 Å². The molecule has 2 amide bonds. The van der Waals surface area contributed by atoms with Crippen LogP contribution in [0.25, 0.3) is 0 Å². The highest BCUT2D eigenvalue weighted by molar-refractivity contribution is 5.99. The molecule has 2 aliphatic rings. The zero-order valence-corrected chi connectivity index (χ0v) is 22.7. The van der Waals surface area contributed by atoms with Crippen LogP contribution in [0.4, 0.5) is 5.69 Å². The van der Waals surface area contributed by atoms with Crippen molar-refractivity contribution in [3.8, 4) is 17.2 Å². The van der Waals surface area contributed by atoms with Gasteiger partial charge in [0.15, 0.2) is 11.5 Å². The number of tetrazole rings is 1. The number of likely N-dealkylation sites (N-methyl/N-ethyl adjacent to an activating group) is 1. The first-order valence-electron chi connectivity index (χ1n) is 13.1. The third-order valence-corrected chi connectivity index (χ3v) is 7.03. The van der Waals surface area contributed by atoms with Gasteiger partial charge in [-0.2, -0.15) is 0 Å². The Morgan fingerprint density at radius 3 is 2.77 bits per heavy atom. The molecule has 2 aromatic carbocycles. The van der Waals surface area contributed by atoms with Crippen molar-refractivity contribution in [1.82, 2.24) is 30.0 Å². The molecule has 0 spiro atoms. The SMILES string of the molecule is C[C@H]1CN([C@@H](C)CO)C(=O)c2cc(NC(=O)Cn3cnnn3)ccc2O[C@@H]1CN(C)Cc1ccc2c(c1)OCO2. The molecule has 2 N–H and O–H groups in total. The van der Waals surface area contributed by atoms with Crippen LogP contribution in [0.5, 0.6) is 17.2 Å². The van der Waals surface area contributed by atoms with Gasteiger partial charge in [0.25, 0.3) is 5.91 Å². The highest BCUT2D eigenvalue weighted by Crippen LogP contribution is 2.33. The Balaban J connectivity index is 1.35. The van der Waals surface area contributed by atoms with E-state index in [-0.39, 0.29) is 43.8 Å². The number of ether oxygens (including phenoxy) is 3. The van der Waals surface area contributed by atoms with Gasteiger partial charge in [-0.25, -0.2) is 4.68 Å². The number of anilines is 1. The van der Waals surface area contributed by atoms with Gasteiger partial charge in [0, 0.05) is 31.2 Å². The highest BCUT2D eigenvalue weighted by atomic mass is 16.7. The molecule has 0 unspecified atom stereocenters. The second-order valence-corrected chi connectivity index (χ2v) is 10.3. The lowest BCUT2D eigenvalue weighted by Crippen LogP contribution is -2.49. The fourth-order valence-electron chi connectivity index (χ4n) is 4.84. The quantitative estimate of drug-likeness (QED) is 0.400. The number of carbonyl (C=O) groups is 2. The normalized spacial score (nSPS) is 19.0. The molecule has 3 heterocycles. The Morgan fingerprint density at radius 1 is 1.20 bits per heavy atom. The summed E-state index contributed by atoms with van der Waals surface area (Å²) in [5.41, 5.74) is 1.84. The highest BCUT2D eigenvalue weighted by Gasteiger charge is 2.33. The zero-order valence-electron chi connectivity index (χ0n) is 22.7. The van der Waals surface area contributed by atoms with Crippen LogP contribution in [-0.2, 0) is 17.9 Å². The Labute approximate surface area is 231 Å². The summed E-state index contributed by atoms with van der Waals surface area (Å²) in [5.74, 6) is 1.26. The van der Waals surface area contributed by atoms with Crippen molar-refractivity contribution in [3.05, 3.63) is 53.9 Å². The van der Waals surface area contributed by atoms with E-state index in [1.807, 2.05) is 39.1 Å².